The number of sulfone groups is 1. The van der Waals surface area contributed by atoms with Gasteiger partial charge in [0, 0.05) is 42.8 Å². The molecule has 1 aromatic carbocycles. The van der Waals surface area contributed by atoms with E-state index in [9.17, 15) is 8.42 Å². The standard InChI is InChI=1S/C18H21N5O2S/c1-26(24,25)13-6-10-22(11-7-13)15-3-2-4-16-14(15)8-12-23(16)17-5-9-20-18(19)21-17/h2-5,8-9,12-13H,6-7,10-11H2,1H3,(H2,19,20,21). The summed E-state index contributed by atoms with van der Waals surface area (Å²) in [5, 5.41) is 0.883. The number of fused-ring (bicyclic) bond motifs is 1. The quantitative estimate of drug-likeness (QED) is 0.757. The zero-order chi connectivity index (χ0) is 18.3. The minimum absolute atomic E-state index is 0.230. The average Bonchev–Trinajstić information content (AvgIpc) is 3.05. The van der Waals surface area contributed by atoms with Gasteiger partial charge >= 0.3 is 0 Å². The lowest BCUT2D eigenvalue weighted by Crippen LogP contribution is -2.39. The van der Waals surface area contributed by atoms with Gasteiger partial charge in [-0.3, -0.25) is 0 Å². The van der Waals surface area contributed by atoms with Gasteiger partial charge in [0.25, 0.3) is 0 Å². The van der Waals surface area contributed by atoms with Crippen molar-refractivity contribution in [2.45, 2.75) is 18.1 Å². The Labute approximate surface area is 152 Å². The van der Waals surface area contributed by atoms with Gasteiger partial charge in [-0.25, -0.2) is 13.4 Å². The van der Waals surface area contributed by atoms with E-state index in [-0.39, 0.29) is 11.2 Å². The van der Waals surface area contributed by atoms with Crippen LogP contribution >= 0.6 is 0 Å². The SMILES string of the molecule is CS(=O)(=O)C1CCN(c2cccc3c2ccn3-c2ccnc(N)n2)CC1. The second-order valence-corrected chi connectivity index (χ2v) is 9.01. The van der Waals surface area contributed by atoms with Gasteiger partial charge in [0.15, 0.2) is 0 Å². The predicted octanol–water partition coefficient (Wildman–Crippen LogP) is 2.02. The molecule has 26 heavy (non-hydrogen) atoms. The maximum Gasteiger partial charge on any atom is 0.221 e. The van der Waals surface area contributed by atoms with Crippen LogP contribution in [0.1, 0.15) is 12.8 Å². The van der Waals surface area contributed by atoms with Crippen LogP contribution in [0.15, 0.2) is 42.7 Å². The fourth-order valence-electron chi connectivity index (χ4n) is 3.65. The molecule has 8 heteroatoms. The maximum absolute atomic E-state index is 11.8. The molecule has 3 heterocycles. The van der Waals surface area contributed by atoms with Crippen LogP contribution in [0.25, 0.3) is 16.7 Å². The number of anilines is 2. The van der Waals surface area contributed by atoms with E-state index in [1.807, 2.05) is 29.0 Å². The third kappa shape index (κ3) is 3.01. The second-order valence-electron chi connectivity index (χ2n) is 6.68. The summed E-state index contributed by atoms with van der Waals surface area (Å²) in [7, 11) is -2.97. The highest BCUT2D eigenvalue weighted by molar-refractivity contribution is 7.91. The predicted molar refractivity (Wildman–Crippen MR) is 103 cm³/mol. The van der Waals surface area contributed by atoms with Crippen LogP contribution in [0.4, 0.5) is 11.6 Å². The Kier molecular flexibility index (Phi) is 4.07. The van der Waals surface area contributed by atoms with Crippen molar-refractivity contribution in [1.82, 2.24) is 14.5 Å². The van der Waals surface area contributed by atoms with E-state index in [0.29, 0.717) is 12.8 Å². The topological polar surface area (TPSA) is 94.1 Å². The van der Waals surface area contributed by atoms with Gasteiger partial charge in [0.1, 0.15) is 15.7 Å². The number of nitrogen functional groups attached to an aromatic ring is 1. The van der Waals surface area contributed by atoms with Gasteiger partial charge in [-0.2, -0.15) is 4.98 Å². The minimum Gasteiger partial charge on any atom is -0.371 e. The first-order valence-electron chi connectivity index (χ1n) is 8.56. The summed E-state index contributed by atoms with van der Waals surface area (Å²) in [4.78, 5) is 10.5. The van der Waals surface area contributed by atoms with Gasteiger partial charge in [0.2, 0.25) is 5.95 Å². The average molecular weight is 371 g/mol. The summed E-state index contributed by atoms with van der Waals surface area (Å²) < 4.78 is 25.6. The molecule has 0 amide bonds. The molecule has 2 aromatic heterocycles. The lowest BCUT2D eigenvalue weighted by Gasteiger charge is -2.33. The van der Waals surface area contributed by atoms with Crippen LogP contribution < -0.4 is 10.6 Å². The van der Waals surface area contributed by atoms with Crippen molar-refractivity contribution in [2.24, 2.45) is 0 Å². The third-order valence-corrected chi connectivity index (χ3v) is 6.69. The molecule has 0 spiro atoms. The molecule has 1 aliphatic heterocycles. The lowest BCUT2D eigenvalue weighted by molar-refractivity contribution is 0.535. The Morgan fingerprint density at radius 1 is 1.15 bits per heavy atom. The third-order valence-electron chi connectivity index (χ3n) is 5.00. The van der Waals surface area contributed by atoms with Crippen molar-refractivity contribution in [1.29, 1.82) is 0 Å². The van der Waals surface area contributed by atoms with Crippen LogP contribution in [0.2, 0.25) is 0 Å². The smallest absolute Gasteiger partial charge is 0.221 e. The first-order valence-corrected chi connectivity index (χ1v) is 10.5. The number of benzene rings is 1. The van der Waals surface area contributed by atoms with Crippen LogP contribution in [0, 0.1) is 0 Å². The molecule has 1 fully saturated rings. The van der Waals surface area contributed by atoms with E-state index < -0.39 is 9.84 Å². The number of hydrogen-bond acceptors (Lipinski definition) is 6. The van der Waals surface area contributed by atoms with Crippen molar-refractivity contribution < 1.29 is 8.42 Å². The van der Waals surface area contributed by atoms with Gasteiger partial charge in [-0.1, -0.05) is 6.07 Å². The van der Waals surface area contributed by atoms with E-state index in [1.165, 1.54) is 6.26 Å². The highest BCUT2D eigenvalue weighted by Gasteiger charge is 2.27. The molecule has 2 N–H and O–H groups in total. The highest BCUT2D eigenvalue weighted by atomic mass is 32.2. The van der Waals surface area contributed by atoms with E-state index in [1.54, 1.807) is 6.20 Å². The van der Waals surface area contributed by atoms with Crippen LogP contribution in [0.5, 0.6) is 0 Å². The summed E-state index contributed by atoms with van der Waals surface area (Å²) >= 11 is 0. The first-order chi connectivity index (χ1) is 12.4. The molecule has 4 rings (SSSR count). The Balaban J connectivity index is 1.68. The fraction of sp³-hybridized carbons (Fsp3) is 0.333. The van der Waals surface area contributed by atoms with E-state index in [4.69, 9.17) is 5.73 Å². The lowest BCUT2D eigenvalue weighted by atomic mass is 10.1. The first kappa shape index (κ1) is 16.8. The fourth-order valence-corrected chi connectivity index (χ4v) is 4.72. The maximum atomic E-state index is 11.8. The number of hydrogen-bond donors (Lipinski definition) is 1. The van der Waals surface area contributed by atoms with Gasteiger partial charge < -0.3 is 15.2 Å². The highest BCUT2D eigenvalue weighted by Crippen LogP contribution is 2.31. The van der Waals surface area contributed by atoms with E-state index in [2.05, 4.69) is 27.0 Å². The van der Waals surface area contributed by atoms with Gasteiger partial charge in [-0.05, 0) is 37.1 Å². The van der Waals surface area contributed by atoms with Gasteiger partial charge in [0.05, 0.1) is 10.8 Å². The summed E-state index contributed by atoms with van der Waals surface area (Å²) in [6.45, 7) is 1.48. The van der Waals surface area contributed by atoms with Crippen molar-refractivity contribution in [2.75, 3.05) is 30.0 Å². The number of nitrogens with two attached hydrogens (primary N) is 1. The summed E-state index contributed by atoms with van der Waals surface area (Å²) in [5.41, 5.74) is 7.86. The van der Waals surface area contributed by atoms with Crippen LogP contribution in [0.3, 0.4) is 0 Å². The number of aromatic nitrogens is 3. The minimum atomic E-state index is -2.97. The molecule has 136 valence electrons. The Morgan fingerprint density at radius 2 is 1.92 bits per heavy atom. The molecule has 0 unspecified atom stereocenters. The molecule has 0 radical (unpaired) electrons. The van der Waals surface area contributed by atoms with Crippen molar-refractivity contribution >= 4 is 32.4 Å². The molecular weight excluding hydrogens is 350 g/mol. The second kappa shape index (κ2) is 6.28. The Bertz CT molecular complexity index is 1050. The summed E-state index contributed by atoms with van der Waals surface area (Å²) in [6.07, 6.45) is 6.28. The number of nitrogens with zero attached hydrogens (tertiary/aromatic N) is 4. The summed E-state index contributed by atoms with van der Waals surface area (Å²) in [5.74, 6) is 0.962. The molecule has 0 bridgehead atoms. The molecule has 0 saturated carbocycles. The summed E-state index contributed by atoms with van der Waals surface area (Å²) in [6, 6.07) is 10.0. The molecular formula is C18H21N5O2S. The molecule has 0 atom stereocenters. The zero-order valence-electron chi connectivity index (χ0n) is 14.5. The van der Waals surface area contributed by atoms with Crippen molar-refractivity contribution in [3.05, 3.63) is 42.7 Å². The molecule has 0 aliphatic carbocycles. The number of rotatable bonds is 3. The Morgan fingerprint density at radius 3 is 2.62 bits per heavy atom. The molecule has 3 aromatic rings. The van der Waals surface area contributed by atoms with Crippen molar-refractivity contribution in [3.63, 3.8) is 0 Å². The number of piperidine rings is 1. The molecule has 1 saturated heterocycles. The van der Waals surface area contributed by atoms with E-state index >= 15 is 0 Å². The van der Waals surface area contributed by atoms with Gasteiger partial charge in [-0.15, -0.1) is 0 Å². The van der Waals surface area contributed by atoms with E-state index in [0.717, 1.165) is 35.5 Å². The Hall–Kier alpha value is -2.61. The van der Waals surface area contributed by atoms with Crippen molar-refractivity contribution in [3.8, 4) is 5.82 Å². The molecule has 7 nitrogen and oxygen atoms in total. The van der Waals surface area contributed by atoms with Crippen LogP contribution in [-0.2, 0) is 9.84 Å². The normalized spacial score (nSPS) is 16.3. The zero-order valence-corrected chi connectivity index (χ0v) is 15.4. The monoisotopic (exact) mass is 371 g/mol. The molecule has 1 aliphatic rings. The largest absolute Gasteiger partial charge is 0.371 e. The van der Waals surface area contributed by atoms with Crippen LogP contribution in [-0.4, -0.2) is 47.5 Å².